The van der Waals surface area contributed by atoms with E-state index in [0.29, 0.717) is 0 Å². The molecule has 3 nitrogen and oxygen atoms in total. The molecule has 0 radical (unpaired) electrons. The van der Waals surface area contributed by atoms with Gasteiger partial charge < -0.3 is 10.6 Å². The van der Waals surface area contributed by atoms with E-state index in [2.05, 4.69) is 23.6 Å². The van der Waals surface area contributed by atoms with E-state index in [-0.39, 0.29) is 0 Å². The van der Waals surface area contributed by atoms with Gasteiger partial charge in [-0.15, -0.1) is 0 Å². The molecule has 2 saturated heterocycles. The van der Waals surface area contributed by atoms with Crippen LogP contribution in [0.25, 0.3) is 0 Å². The summed E-state index contributed by atoms with van der Waals surface area (Å²) < 4.78 is 0. The molecule has 0 bridgehead atoms. The summed E-state index contributed by atoms with van der Waals surface area (Å²) in [4.78, 5) is 5.33. The first-order chi connectivity index (χ1) is 8.22. The molecule has 2 heterocycles. The standard InChI is InChI=1S/C14H29N3/c1-12-4-3-5-13(2)17(12)14-6-9-16(10-7-14)11-8-15/h12-14H,3-11,15H2,1-2H3. The minimum absolute atomic E-state index is 0.796. The molecule has 0 spiro atoms. The van der Waals surface area contributed by atoms with Crippen molar-refractivity contribution in [3.8, 4) is 0 Å². The van der Waals surface area contributed by atoms with Gasteiger partial charge in [-0.3, -0.25) is 4.90 Å². The second-order valence-corrected chi connectivity index (χ2v) is 5.94. The third-order valence-electron chi connectivity index (χ3n) is 4.69. The van der Waals surface area contributed by atoms with Crippen molar-refractivity contribution in [2.75, 3.05) is 26.2 Å². The maximum Gasteiger partial charge on any atom is 0.0125 e. The van der Waals surface area contributed by atoms with Crippen molar-refractivity contribution in [3.05, 3.63) is 0 Å². The van der Waals surface area contributed by atoms with E-state index in [1.54, 1.807) is 0 Å². The molecule has 0 aromatic rings. The smallest absolute Gasteiger partial charge is 0.0125 e. The van der Waals surface area contributed by atoms with E-state index in [1.165, 1.54) is 45.2 Å². The number of hydrogen-bond donors (Lipinski definition) is 1. The SMILES string of the molecule is CC1CCCC(C)N1C1CCN(CCN)CC1. The maximum absolute atomic E-state index is 5.63. The normalized spacial score (nSPS) is 34.1. The first-order valence-corrected chi connectivity index (χ1v) is 7.42. The number of hydrogen-bond acceptors (Lipinski definition) is 3. The molecule has 0 aromatic carbocycles. The van der Waals surface area contributed by atoms with Gasteiger partial charge in [0.2, 0.25) is 0 Å². The van der Waals surface area contributed by atoms with Gasteiger partial charge in [-0.05, 0) is 52.6 Å². The minimum Gasteiger partial charge on any atom is -0.329 e. The summed E-state index contributed by atoms with van der Waals surface area (Å²) in [5.41, 5.74) is 5.63. The Balaban J connectivity index is 1.86. The molecular weight excluding hydrogens is 210 g/mol. The summed E-state index contributed by atoms with van der Waals surface area (Å²) in [6.07, 6.45) is 6.90. The second kappa shape index (κ2) is 6.17. The van der Waals surface area contributed by atoms with Crippen LogP contribution in [0.15, 0.2) is 0 Å². The second-order valence-electron chi connectivity index (χ2n) is 5.94. The highest BCUT2D eigenvalue weighted by molar-refractivity contribution is 4.88. The van der Waals surface area contributed by atoms with Crippen molar-refractivity contribution >= 4 is 0 Å². The summed E-state index contributed by atoms with van der Waals surface area (Å²) in [6, 6.07) is 2.42. The molecular formula is C14H29N3. The summed E-state index contributed by atoms with van der Waals surface area (Å²) >= 11 is 0. The van der Waals surface area contributed by atoms with Crippen LogP contribution in [0.5, 0.6) is 0 Å². The fourth-order valence-corrected chi connectivity index (χ4v) is 3.78. The Hall–Kier alpha value is -0.120. The monoisotopic (exact) mass is 239 g/mol. The van der Waals surface area contributed by atoms with Crippen LogP contribution in [-0.4, -0.2) is 54.1 Å². The Morgan fingerprint density at radius 3 is 2.12 bits per heavy atom. The Morgan fingerprint density at radius 2 is 1.59 bits per heavy atom. The zero-order chi connectivity index (χ0) is 12.3. The number of likely N-dealkylation sites (tertiary alicyclic amines) is 2. The van der Waals surface area contributed by atoms with Crippen LogP contribution in [0.3, 0.4) is 0 Å². The molecule has 2 N–H and O–H groups in total. The predicted molar refractivity (Wildman–Crippen MR) is 73.1 cm³/mol. The molecule has 0 amide bonds. The summed E-state index contributed by atoms with van der Waals surface area (Å²) in [5, 5.41) is 0. The fraction of sp³-hybridized carbons (Fsp3) is 1.00. The van der Waals surface area contributed by atoms with E-state index in [0.717, 1.165) is 31.2 Å². The molecule has 2 aliphatic heterocycles. The summed E-state index contributed by atoms with van der Waals surface area (Å²) in [7, 11) is 0. The molecule has 2 fully saturated rings. The summed E-state index contributed by atoms with van der Waals surface area (Å²) in [5.74, 6) is 0. The van der Waals surface area contributed by atoms with Crippen LogP contribution in [0.1, 0.15) is 46.0 Å². The lowest BCUT2D eigenvalue weighted by Crippen LogP contribution is -2.53. The van der Waals surface area contributed by atoms with Gasteiger partial charge in [0.25, 0.3) is 0 Å². The lowest BCUT2D eigenvalue weighted by Gasteiger charge is -2.47. The zero-order valence-corrected chi connectivity index (χ0v) is 11.6. The van der Waals surface area contributed by atoms with Crippen LogP contribution in [0.4, 0.5) is 0 Å². The van der Waals surface area contributed by atoms with Crippen LogP contribution in [-0.2, 0) is 0 Å². The van der Waals surface area contributed by atoms with E-state index < -0.39 is 0 Å². The molecule has 0 saturated carbocycles. The summed E-state index contributed by atoms with van der Waals surface area (Å²) in [6.45, 7) is 9.22. The highest BCUT2D eigenvalue weighted by Crippen LogP contribution is 2.29. The van der Waals surface area contributed by atoms with Crippen molar-refractivity contribution in [3.63, 3.8) is 0 Å². The van der Waals surface area contributed by atoms with E-state index in [9.17, 15) is 0 Å². The lowest BCUT2D eigenvalue weighted by atomic mass is 9.91. The predicted octanol–water partition coefficient (Wildman–Crippen LogP) is 1.67. The maximum atomic E-state index is 5.63. The average Bonchev–Trinajstić information content (AvgIpc) is 2.31. The largest absolute Gasteiger partial charge is 0.329 e. The average molecular weight is 239 g/mol. The fourth-order valence-electron chi connectivity index (χ4n) is 3.78. The molecule has 2 aliphatic rings. The first kappa shape index (κ1) is 13.3. The molecule has 2 rings (SSSR count). The van der Waals surface area contributed by atoms with E-state index >= 15 is 0 Å². The van der Waals surface area contributed by atoms with Crippen LogP contribution in [0, 0.1) is 0 Å². The molecule has 2 unspecified atom stereocenters. The number of rotatable bonds is 3. The molecule has 3 heteroatoms. The Labute approximate surface area is 106 Å². The highest BCUT2D eigenvalue weighted by atomic mass is 15.2. The van der Waals surface area contributed by atoms with Crippen molar-refractivity contribution in [2.24, 2.45) is 5.73 Å². The number of nitrogens with zero attached hydrogens (tertiary/aromatic N) is 2. The highest BCUT2D eigenvalue weighted by Gasteiger charge is 2.32. The van der Waals surface area contributed by atoms with Gasteiger partial charge in [0, 0.05) is 31.2 Å². The van der Waals surface area contributed by atoms with Crippen molar-refractivity contribution in [1.29, 1.82) is 0 Å². The first-order valence-electron chi connectivity index (χ1n) is 7.42. The van der Waals surface area contributed by atoms with E-state index in [1.807, 2.05) is 0 Å². The van der Waals surface area contributed by atoms with Gasteiger partial charge in [-0.1, -0.05) is 6.42 Å². The Morgan fingerprint density at radius 1 is 1.00 bits per heavy atom. The van der Waals surface area contributed by atoms with Crippen molar-refractivity contribution in [1.82, 2.24) is 9.80 Å². The third-order valence-corrected chi connectivity index (χ3v) is 4.69. The molecule has 100 valence electrons. The molecule has 0 aromatic heterocycles. The zero-order valence-electron chi connectivity index (χ0n) is 11.6. The van der Waals surface area contributed by atoms with Gasteiger partial charge in [0.15, 0.2) is 0 Å². The van der Waals surface area contributed by atoms with Gasteiger partial charge in [-0.25, -0.2) is 0 Å². The molecule has 17 heavy (non-hydrogen) atoms. The van der Waals surface area contributed by atoms with Gasteiger partial charge in [0.1, 0.15) is 0 Å². The molecule has 0 aliphatic carbocycles. The Bertz CT molecular complexity index is 214. The van der Waals surface area contributed by atoms with Crippen LogP contribution < -0.4 is 5.73 Å². The lowest BCUT2D eigenvalue weighted by molar-refractivity contribution is 0.0217. The third kappa shape index (κ3) is 3.21. The number of nitrogens with two attached hydrogens (primary N) is 1. The quantitative estimate of drug-likeness (QED) is 0.813. The topological polar surface area (TPSA) is 32.5 Å². The number of piperidine rings is 2. The Kier molecular flexibility index (Phi) is 4.83. The molecule has 2 atom stereocenters. The van der Waals surface area contributed by atoms with Crippen LogP contribution in [0.2, 0.25) is 0 Å². The minimum atomic E-state index is 0.796. The van der Waals surface area contributed by atoms with Crippen molar-refractivity contribution < 1.29 is 0 Å². The van der Waals surface area contributed by atoms with Crippen LogP contribution >= 0.6 is 0 Å². The van der Waals surface area contributed by atoms with Gasteiger partial charge in [0.05, 0.1) is 0 Å². The van der Waals surface area contributed by atoms with Gasteiger partial charge in [-0.2, -0.15) is 0 Å². The van der Waals surface area contributed by atoms with Gasteiger partial charge >= 0.3 is 0 Å². The van der Waals surface area contributed by atoms with E-state index in [4.69, 9.17) is 5.73 Å². The van der Waals surface area contributed by atoms with Crippen molar-refractivity contribution in [2.45, 2.75) is 64.1 Å².